The Balaban J connectivity index is 3.12. The summed E-state index contributed by atoms with van der Waals surface area (Å²) >= 11 is 0. The molecule has 12 heavy (non-hydrogen) atoms. The molecule has 6 nitrogen and oxygen atoms in total. The normalized spacial score (nSPS) is 9.33. The summed E-state index contributed by atoms with van der Waals surface area (Å²) < 4.78 is 0. The summed E-state index contributed by atoms with van der Waals surface area (Å²) in [6.45, 7) is 0. The molecule has 0 bridgehead atoms. The van der Waals surface area contributed by atoms with E-state index in [1.54, 1.807) is 0 Å². The van der Waals surface area contributed by atoms with E-state index >= 15 is 0 Å². The molecule has 1 aromatic heterocycles. The minimum absolute atomic E-state index is 0.276. The summed E-state index contributed by atoms with van der Waals surface area (Å²) in [7, 11) is 0. The van der Waals surface area contributed by atoms with Gasteiger partial charge in [0.1, 0.15) is 0 Å². The van der Waals surface area contributed by atoms with Crippen LogP contribution in [0.2, 0.25) is 0 Å². The second kappa shape index (κ2) is 2.95. The Bertz CT molecular complexity index is 307. The number of aromatic carboxylic acids is 1. The SMILES string of the molecule is O=C(O)c1cc([N+](=O)[O-])ccn1. The van der Waals surface area contributed by atoms with Crippen molar-refractivity contribution in [2.24, 2.45) is 0 Å². The van der Waals surface area contributed by atoms with Crippen LogP contribution in [0.5, 0.6) is 0 Å². The van der Waals surface area contributed by atoms with Crippen molar-refractivity contribution in [3.8, 4) is 0 Å². The minimum atomic E-state index is -1.28. The molecule has 1 heterocycles. The molecule has 0 radical (unpaired) electrons. The molecule has 0 aliphatic carbocycles. The quantitative estimate of drug-likeness (QED) is 0.517. The van der Waals surface area contributed by atoms with Gasteiger partial charge < -0.3 is 5.11 Å². The Labute approximate surface area is 66.6 Å². The number of rotatable bonds is 2. The van der Waals surface area contributed by atoms with E-state index in [0.717, 1.165) is 18.3 Å². The van der Waals surface area contributed by atoms with Gasteiger partial charge in [-0.1, -0.05) is 0 Å². The molecule has 0 aliphatic rings. The van der Waals surface area contributed by atoms with E-state index in [0.29, 0.717) is 0 Å². The first-order valence-corrected chi connectivity index (χ1v) is 2.95. The maximum atomic E-state index is 10.3. The highest BCUT2D eigenvalue weighted by atomic mass is 16.6. The molecule has 0 amide bonds. The van der Waals surface area contributed by atoms with Gasteiger partial charge in [-0.3, -0.25) is 10.1 Å². The zero-order chi connectivity index (χ0) is 9.14. The molecular formula is C6H4N2O4. The average molecular weight is 168 g/mol. The molecule has 6 heteroatoms. The van der Waals surface area contributed by atoms with Gasteiger partial charge in [-0.05, 0) is 0 Å². The smallest absolute Gasteiger partial charge is 0.354 e. The zero-order valence-electron chi connectivity index (χ0n) is 5.80. The lowest BCUT2D eigenvalue weighted by molar-refractivity contribution is -0.385. The van der Waals surface area contributed by atoms with Crippen LogP contribution in [0.15, 0.2) is 18.3 Å². The van der Waals surface area contributed by atoms with Crippen LogP contribution in [0.25, 0.3) is 0 Å². The molecule has 0 aromatic carbocycles. The first kappa shape index (κ1) is 8.12. The summed E-state index contributed by atoms with van der Waals surface area (Å²) in [6.07, 6.45) is 1.08. The van der Waals surface area contributed by atoms with Crippen molar-refractivity contribution >= 4 is 11.7 Å². The van der Waals surface area contributed by atoms with Gasteiger partial charge in [-0.2, -0.15) is 0 Å². The van der Waals surface area contributed by atoms with Crippen molar-refractivity contribution in [3.05, 3.63) is 34.1 Å². The van der Waals surface area contributed by atoms with Crippen LogP contribution in [0, 0.1) is 10.1 Å². The number of pyridine rings is 1. The second-order valence-corrected chi connectivity index (χ2v) is 1.96. The molecule has 0 saturated heterocycles. The van der Waals surface area contributed by atoms with Crippen molar-refractivity contribution < 1.29 is 14.8 Å². The van der Waals surface area contributed by atoms with Gasteiger partial charge in [0.2, 0.25) is 0 Å². The fraction of sp³-hybridized carbons (Fsp3) is 0. The van der Waals surface area contributed by atoms with Crippen LogP contribution in [0.3, 0.4) is 0 Å². The van der Waals surface area contributed by atoms with E-state index in [4.69, 9.17) is 5.11 Å². The molecular weight excluding hydrogens is 164 g/mol. The number of carboxylic acid groups (broad SMARTS) is 1. The molecule has 0 spiro atoms. The number of hydrogen-bond acceptors (Lipinski definition) is 4. The maximum Gasteiger partial charge on any atom is 0.354 e. The van der Waals surface area contributed by atoms with Crippen molar-refractivity contribution in [3.63, 3.8) is 0 Å². The van der Waals surface area contributed by atoms with Crippen molar-refractivity contribution in [1.29, 1.82) is 0 Å². The molecule has 1 N–H and O–H groups in total. The lowest BCUT2D eigenvalue weighted by Gasteiger charge is -1.92. The Hall–Kier alpha value is -1.98. The standard InChI is InChI=1S/C6H4N2O4/c9-6(10)5-3-4(8(11)12)1-2-7-5/h1-3H,(H,9,10). The highest BCUT2D eigenvalue weighted by Gasteiger charge is 2.10. The molecule has 0 atom stereocenters. The molecule has 0 aliphatic heterocycles. The van der Waals surface area contributed by atoms with E-state index in [1.807, 2.05) is 0 Å². The maximum absolute atomic E-state index is 10.3. The average Bonchev–Trinajstić information content (AvgIpc) is 2.04. The van der Waals surface area contributed by atoms with Crippen LogP contribution >= 0.6 is 0 Å². The number of nitro groups is 1. The highest BCUT2D eigenvalue weighted by Crippen LogP contribution is 2.09. The van der Waals surface area contributed by atoms with Crippen LogP contribution in [-0.2, 0) is 0 Å². The van der Waals surface area contributed by atoms with Crippen LogP contribution in [0.4, 0.5) is 5.69 Å². The summed E-state index contributed by atoms with van der Waals surface area (Å²) in [6, 6.07) is 2.04. The predicted octanol–water partition coefficient (Wildman–Crippen LogP) is 0.688. The number of carboxylic acids is 1. The summed E-state index contributed by atoms with van der Waals surface area (Å²) in [5.74, 6) is -1.28. The van der Waals surface area contributed by atoms with Gasteiger partial charge in [0.15, 0.2) is 5.69 Å². The molecule has 0 unspecified atom stereocenters. The Kier molecular flexibility index (Phi) is 2.00. The fourth-order valence-electron chi connectivity index (χ4n) is 0.650. The van der Waals surface area contributed by atoms with E-state index in [-0.39, 0.29) is 11.4 Å². The molecule has 62 valence electrons. The molecule has 0 fully saturated rings. The molecule has 1 aromatic rings. The van der Waals surface area contributed by atoms with Crippen LogP contribution in [0.1, 0.15) is 10.5 Å². The van der Waals surface area contributed by atoms with Crippen molar-refractivity contribution in [2.75, 3.05) is 0 Å². The number of aromatic nitrogens is 1. The fourth-order valence-corrected chi connectivity index (χ4v) is 0.650. The monoisotopic (exact) mass is 168 g/mol. The van der Waals surface area contributed by atoms with Gasteiger partial charge in [-0.15, -0.1) is 0 Å². The minimum Gasteiger partial charge on any atom is -0.477 e. The third-order valence-electron chi connectivity index (χ3n) is 1.17. The Morgan fingerprint density at radius 3 is 2.83 bits per heavy atom. The van der Waals surface area contributed by atoms with E-state index in [9.17, 15) is 14.9 Å². The molecule has 1 rings (SSSR count). The first-order chi connectivity index (χ1) is 5.61. The predicted molar refractivity (Wildman–Crippen MR) is 37.9 cm³/mol. The van der Waals surface area contributed by atoms with Gasteiger partial charge in [0.05, 0.1) is 4.92 Å². The third-order valence-corrected chi connectivity index (χ3v) is 1.17. The molecule has 0 saturated carbocycles. The highest BCUT2D eigenvalue weighted by molar-refractivity contribution is 5.85. The lowest BCUT2D eigenvalue weighted by atomic mass is 10.3. The van der Waals surface area contributed by atoms with Gasteiger partial charge in [-0.25, -0.2) is 9.78 Å². The largest absolute Gasteiger partial charge is 0.477 e. The summed E-state index contributed by atoms with van der Waals surface area (Å²) in [5.41, 5.74) is -0.605. The van der Waals surface area contributed by atoms with Crippen molar-refractivity contribution in [1.82, 2.24) is 4.98 Å². The summed E-state index contributed by atoms with van der Waals surface area (Å²) in [5, 5.41) is 18.6. The van der Waals surface area contributed by atoms with Gasteiger partial charge in [0.25, 0.3) is 5.69 Å². The number of carbonyl (C=O) groups is 1. The first-order valence-electron chi connectivity index (χ1n) is 2.95. The van der Waals surface area contributed by atoms with Crippen molar-refractivity contribution in [2.45, 2.75) is 0 Å². The topological polar surface area (TPSA) is 93.3 Å². The Morgan fingerprint density at radius 1 is 1.67 bits per heavy atom. The van der Waals surface area contributed by atoms with Gasteiger partial charge >= 0.3 is 5.97 Å². The van der Waals surface area contributed by atoms with E-state index in [2.05, 4.69) is 4.98 Å². The number of nitrogens with zero attached hydrogens (tertiary/aromatic N) is 2. The third kappa shape index (κ3) is 1.54. The lowest BCUT2D eigenvalue weighted by Crippen LogP contribution is -2.00. The number of hydrogen-bond donors (Lipinski definition) is 1. The van der Waals surface area contributed by atoms with Gasteiger partial charge in [0, 0.05) is 18.3 Å². The van der Waals surface area contributed by atoms with E-state index < -0.39 is 10.9 Å². The second-order valence-electron chi connectivity index (χ2n) is 1.96. The summed E-state index contributed by atoms with van der Waals surface area (Å²) in [4.78, 5) is 23.2. The Morgan fingerprint density at radius 2 is 2.33 bits per heavy atom. The van der Waals surface area contributed by atoms with Crippen LogP contribution < -0.4 is 0 Å². The van der Waals surface area contributed by atoms with Crippen LogP contribution in [-0.4, -0.2) is 21.0 Å². The van der Waals surface area contributed by atoms with E-state index in [1.165, 1.54) is 0 Å². The zero-order valence-corrected chi connectivity index (χ0v) is 5.80.